The number of nitrogens with one attached hydrogen (secondary N) is 1. The maximum absolute atomic E-state index is 5.39. The Morgan fingerprint density at radius 1 is 0.962 bits per heavy atom. The van der Waals surface area contributed by atoms with Gasteiger partial charge in [0.25, 0.3) is 0 Å². The van der Waals surface area contributed by atoms with E-state index in [1.54, 1.807) is 14.2 Å². The topological polar surface area (TPSA) is 82.1 Å². The van der Waals surface area contributed by atoms with Crippen LogP contribution in [0, 0.1) is 0 Å². The molecule has 0 spiro atoms. The first-order chi connectivity index (χ1) is 12.8. The molecule has 2 aromatic heterocycles. The molecule has 0 aliphatic heterocycles. The Balaban J connectivity index is 1.68. The van der Waals surface area contributed by atoms with Gasteiger partial charge in [-0.2, -0.15) is 0 Å². The SMILES string of the molecule is COc1cc2ncnc(Nc3ccc(-c4csnn4)cc3)c2cc1OC. The molecule has 0 aliphatic carbocycles. The molecular weight excluding hydrogens is 350 g/mol. The molecular formula is C18H15N5O2S. The van der Waals surface area contributed by atoms with Gasteiger partial charge in [0.2, 0.25) is 0 Å². The third kappa shape index (κ3) is 3.02. The zero-order chi connectivity index (χ0) is 17.9. The highest BCUT2D eigenvalue weighted by Crippen LogP contribution is 2.34. The molecule has 0 fully saturated rings. The van der Waals surface area contributed by atoms with E-state index in [2.05, 4.69) is 24.9 Å². The minimum Gasteiger partial charge on any atom is -0.493 e. The molecule has 4 rings (SSSR count). The largest absolute Gasteiger partial charge is 0.493 e. The molecule has 2 aromatic carbocycles. The highest BCUT2D eigenvalue weighted by molar-refractivity contribution is 7.03. The minimum absolute atomic E-state index is 0.629. The van der Waals surface area contributed by atoms with Crippen LogP contribution >= 0.6 is 11.5 Å². The summed E-state index contributed by atoms with van der Waals surface area (Å²) in [5.41, 5.74) is 3.56. The van der Waals surface area contributed by atoms with Crippen LogP contribution in [0.25, 0.3) is 22.2 Å². The Hall–Kier alpha value is -3.26. The van der Waals surface area contributed by atoms with E-state index in [4.69, 9.17) is 9.47 Å². The summed E-state index contributed by atoms with van der Waals surface area (Å²) in [5.74, 6) is 1.95. The van der Waals surface area contributed by atoms with Crippen LogP contribution < -0.4 is 14.8 Å². The van der Waals surface area contributed by atoms with Crippen molar-refractivity contribution in [1.29, 1.82) is 0 Å². The molecule has 1 N–H and O–H groups in total. The van der Waals surface area contributed by atoms with Crippen LogP contribution in [0.15, 0.2) is 48.1 Å². The van der Waals surface area contributed by atoms with E-state index in [-0.39, 0.29) is 0 Å². The molecule has 130 valence electrons. The summed E-state index contributed by atoms with van der Waals surface area (Å²) >= 11 is 1.33. The number of benzene rings is 2. The summed E-state index contributed by atoms with van der Waals surface area (Å²) in [6.45, 7) is 0. The first kappa shape index (κ1) is 16.2. The Kier molecular flexibility index (Phi) is 4.32. The molecule has 0 saturated carbocycles. The second-order valence-electron chi connectivity index (χ2n) is 5.44. The van der Waals surface area contributed by atoms with Gasteiger partial charge in [-0.3, -0.25) is 0 Å². The Morgan fingerprint density at radius 2 is 1.73 bits per heavy atom. The molecule has 26 heavy (non-hydrogen) atoms. The molecule has 0 radical (unpaired) electrons. The maximum Gasteiger partial charge on any atom is 0.162 e. The molecule has 0 saturated heterocycles. The predicted molar refractivity (Wildman–Crippen MR) is 101 cm³/mol. The van der Waals surface area contributed by atoms with Gasteiger partial charge >= 0.3 is 0 Å². The molecule has 7 nitrogen and oxygen atoms in total. The Morgan fingerprint density at radius 3 is 2.42 bits per heavy atom. The van der Waals surface area contributed by atoms with Crippen LogP contribution in [0.3, 0.4) is 0 Å². The number of hydrogen-bond acceptors (Lipinski definition) is 8. The van der Waals surface area contributed by atoms with E-state index in [9.17, 15) is 0 Å². The van der Waals surface area contributed by atoms with Gasteiger partial charge in [0, 0.05) is 28.1 Å². The van der Waals surface area contributed by atoms with Gasteiger partial charge in [0.05, 0.1) is 19.7 Å². The van der Waals surface area contributed by atoms with Gasteiger partial charge in [-0.25, -0.2) is 9.97 Å². The smallest absolute Gasteiger partial charge is 0.162 e. The van der Waals surface area contributed by atoms with Crippen molar-refractivity contribution in [2.75, 3.05) is 19.5 Å². The van der Waals surface area contributed by atoms with E-state index in [0.29, 0.717) is 17.3 Å². The van der Waals surface area contributed by atoms with Gasteiger partial charge in [-0.1, -0.05) is 16.6 Å². The molecule has 0 aliphatic rings. The van der Waals surface area contributed by atoms with Crippen LogP contribution in [0.1, 0.15) is 0 Å². The summed E-state index contributed by atoms with van der Waals surface area (Å²) < 4.78 is 14.6. The number of methoxy groups -OCH3 is 2. The molecule has 2 heterocycles. The third-order valence-corrected chi connectivity index (χ3v) is 4.45. The average Bonchev–Trinajstić information content (AvgIpc) is 3.22. The number of aromatic nitrogens is 4. The van der Waals surface area contributed by atoms with Crippen LogP contribution in [0.5, 0.6) is 11.5 Å². The van der Waals surface area contributed by atoms with Crippen molar-refractivity contribution >= 4 is 33.9 Å². The maximum atomic E-state index is 5.39. The van der Waals surface area contributed by atoms with Crippen molar-refractivity contribution in [3.63, 3.8) is 0 Å². The van der Waals surface area contributed by atoms with Gasteiger partial charge < -0.3 is 14.8 Å². The third-order valence-electron chi connectivity index (χ3n) is 3.94. The molecule has 0 atom stereocenters. The van der Waals surface area contributed by atoms with Crippen LogP contribution in [-0.4, -0.2) is 33.8 Å². The van der Waals surface area contributed by atoms with Crippen LogP contribution in [0.2, 0.25) is 0 Å². The molecule has 4 aromatic rings. The zero-order valence-corrected chi connectivity index (χ0v) is 14.9. The summed E-state index contributed by atoms with van der Waals surface area (Å²) in [6, 6.07) is 11.6. The molecule has 0 amide bonds. The lowest BCUT2D eigenvalue weighted by atomic mass is 10.1. The van der Waals surface area contributed by atoms with Crippen LogP contribution in [0.4, 0.5) is 11.5 Å². The summed E-state index contributed by atoms with van der Waals surface area (Å²) in [6.07, 6.45) is 1.52. The van der Waals surface area contributed by atoms with Gasteiger partial charge in [0.15, 0.2) is 11.5 Å². The highest BCUT2D eigenvalue weighted by Gasteiger charge is 2.11. The number of rotatable bonds is 5. The number of hydrogen-bond donors (Lipinski definition) is 1. The van der Waals surface area contributed by atoms with E-state index in [1.807, 2.05) is 41.8 Å². The highest BCUT2D eigenvalue weighted by atomic mass is 32.1. The molecule has 0 bridgehead atoms. The first-order valence-corrected chi connectivity index (χ1v) is 8.63. The Bertz CT molecular complexity index is 1040. The lowest BCUT2D eigenvalue weighted by Crippen LogP contribution is -1.98. The van der Waals surface area contributed by atoms with Crippen molar-refractivity contribution in [2.45, 2.75) is 0 Å². The zero-order valence-electron chi connectivity index (χ0n) is 14.1. The summed E-state index contributed by atoms with van der Waals surface area (Å²) in [5, 5.41) is 10.2. The summed E-state index contributed by atoms with van der Waals surface area (Å²) in [4.78, 5) is 8.68. The number of ether oxygens (including phenoxy) is 2. The number of nitrogens with zero attached hydrogens (tertiary/aromatic N) is 4. The normalized spacial score (nSPS) is 10.7. The monoisotopic (exact) mass is 365 g/mol. The molecule has 8 heteroatoms. The van der Waals surface area contributed by atoms with Crippen molar-refractivity contribution in [3.8, 4) is 22.8 Å². The van der Waals surface area contributed by atoms with Gasteiger partial charge in [0.1, 0.15) is 17.8 Å². The van der Waals surface area contributed by atoms with E-state index < -0.39 is 0 Å². The fourth-order valence-corrected chi connectivity index (χ4v) is 3.10. The second kappa shape index (κ2) is 6.93. The van der Waals surface area contributed by atoms with Crippen molar-refractivity contribution in [3.05, 3.63) is 48.1 Å². The number of anilines is 2. The van der Waals surface area contributed by atoms with Gasteiger partial charge in [-0.15, -0.1) is 5.10 Å². The van der Waals surface area contributed by atoms with Crippen molar-refractivity contribution < 1.29 is 9.47 Å². The van der Waals surface area contributed by atoms with Crippen LogP contribution in [-0.2, 0) is 0 Å². The second-order valence-corrected chi connectivity index (χ2v) is 6.05. The lowest BCUT2D eigenvalue weighted by Gasteiger charge is -2.12. The summed E-state index contributed by atoms with van der Waals surface area (Å²) in [7, 11) is 3.20. The standard InChI is InChI=1S/C18H15N5O2S/c1-24-16-7-13-14(8-17(16)25-2)19-10-20-18(13)21-12-5-3-11(4-6-12)15-9-26-23-22-15/h3-10H,1-2H3,(H,19,20,21). The van der Waals surface area contributed by atoms with E-state index >= 15 is 0 Å². The predicted octanol–water partition coefficient (Wildman–Crippen LogP) is 3.91. The quantitative estimate of drug-likeness (QED) is 0.574. The van der Waals surface area contributed by atoms with Gasteiger partial charge in [-0.05, 0) is 29.7 Å². The minimum atomic E-state index is 0.629. The van der Waals surface area contributed by atoms with Crippen molar-refractivity contribution in [2.24, 2.45) is 0 Å². The lowest BCUT2D eigenvalue weighted by molar-refractivity contribution is 0.356. The van der Waals surface area contributed by atoms with Crippen molar-refractivity contribution in [1.82, 2.24) is 19.6 Å². The fourth-order valence-electron chi connectivity index (χ4n) is 2.63. The number of fused-ring (bicyclic) bond motifs is 1. The van der Waals surface area contributed by atoms with E-state index in [0.717, 1.165) is 27.8 Å². The first-order valence-electron chi connectivity index (χ1n) is 7.79. The average molecular weight is 365 g/mol. The Labute approximate surface area is 153 Å². The van der Waals surface area contributed by atoms with E-state index in [1.165, 1.54) is 17.9 Å². The fraction of sp³-hybridized carbons (Fsp3) is 0.111. The molecule has 0 unspecified atom stereocenters.